The van der Waals surface area contributed by atoms with E-state index < -0.39 is 0 Å². The maximum absolute atomic E-state index is 5.33. The SMILES string of the molecule is SCCCNCCc1ccc2c(c1)OCO2. The van der Waals surface area contributed by atoms with Crippen molar-refractivity contribution in [2.45, 2.75) is 12.8 Å². The quantitative estimate of drug-likeness (QED) is 0.587. The molecule has 0 amide bonds. The lowest BCUT2D eigenvalue weighted by atomic mass is 10.1. The van der Waals surface area contributed by atoms with Gasteiger partial charge in [-0.3, -0.25) is 0 Å². The summed E-state index contributed by atoms with van der Waals surface area (Å²) >= 11 is 4.17. The molecule has 3 nitrogen and oxygen atoms in total. The fraction of sp³-hybridized carbons (Fsp3) is 0.500. The third-order valence-electron chi connectivity index (χ3n) is 2.54. The lowest BCUT2D eigenvalue weighted by Crippen LogP contribution is -2.18. The number of rotatable bonds is 6. The minimum absolute atomic E-state index is 0.346. The molecule has 0 saturated heterocycles. The Kier molecular flexibility index (Phi) is 4.36. The van der Waals surface area contributed by atoms with Crippen molar-refractivity contribution in [2.24, 2.45) is 0 Å². The summed E-state index contributed by atoms with van der Waals surface area (Å²) in [6.07, 6.45) is 2.13. The average molecular weight is 239 g/mol. The highest BCUT2D eigenvalue weighted by Gasteiger charge is 2.12. The number of thiol groups is 1. The molecule has 2 rings (SSSR count). The van der Waals surface area contributed by atoms with Crippen molar-refractivity contribution >= 4 is 12.6 Å². The summed E-state index contributed by atoms with van der Waals surface area (Å²) in [6.45, 7) is 2.38. The summed E-state index contributed by atoms with van der Waals surface area (Å²) in [6, 6.07) is 6.13. The smallest absolute Gasteiger partial charge is 0.231 e. The fourth-order valence-electron chi connectivity index (χ4n) is 1.66. The van der Waals surface area contributed by atoms with Gasteiger partial charge in [0.05, 0.1) is 0 Å². The van der Waals surface area contributed by atoms with Crippen molar-refractivity contribution in [1.29, 1.82) is 0 Å². The van der Waals surface area contributed by atoms with Gasteiger partial charge < -0.3 is 14.8 Å². The molecule has 16 heavy (non-hydrogen) atoms. The summed E-state index contributed by atoms with van der Waals surface area (Å²) < 4.78 is 10.6. The van der Waals surface area contributed by atoms with Gasteiger partial charge in [-0.05, 0) is 49.4 Å². The van der Waals surface area contributed by atoms with E-state index in [1.807, 2.05) is 6.07 Å². The first-order valence-electron chi connectivity index (χ1n) is 5.60. The molecule has 0 aromatic heterocycles. The second-order valence-electron chi connectivity index (χ2n) is 3.76. The van der Waals surface area contributed by atoms with Gasteiger partial charge in [-0.2, -0.15) is 12.6 Å². The van der Waals surface area contributed by atoms with Crippen LogP contribution in [-0.4, -0.2) is 25.6 Å². The third kappa shape index (κ3) is 3.06. The predicted octanol–water partition coefficient (Wildman–Crippen LogP) is 1.87. The van der Waals surface area contributed by atoms with Crippen molar-refractivity contribution in [3.8, 4) is 11.5 Å². The zero-order valence-electron chi connectivity index (χ0n) is 9.24. The van der Waals surface area contributed by atoms with E-state index in [0.29, 0.717) is 6.79 Å². The van der Waals surface area contributed by atoms with Crippen molar-refractivity contribution < 1.29 is 9.47 Å². The maximum atomic E-state index is 5.33. The molecule has 0 saturated carbocycles. The van der Waals surface area contributed by atoms with Crippen LogP contribution in [-0.2, 0) is 6.42 Å². The molecule has 0 fully saturated rings. The molecule has 1 aliphatic heterocycles. The van der Waals surface area contributed by atoms with Gasteiger partial charge in [-0.15, -0.1) is 0 Å². The topological polar surface area (TPSA) is 30.5 Å². The van der Waals surface area contributed by atoms with E-state index in [1.165, 1.54) is 5.56 Å². The van der Waals surface area contributed by atoms with Crippen LogP contribution >= 0.6 is 12.6 Å². The Balaban J connectivity index is 1.77. The van der Waals surface area contributed by atoms with Crippen LogP contribution in [0.25, 0.3) is 0 Å². The fourth-order valence-corrected chi connectivity index (χ4v) is 1.82. The summed E-state index contributed by atoms with van der Waals surface area (Å²) in [5.74, 6) is 2.66. The Morgan fingerprint density at radius 3 is 2.94 bits per heavy atom. The first-order chi connectivity index (χ1) is 7.90. The molecule has 0 bridgehead atoms. The van der Waals surface area contributed by atoms with Crippen LogP contribution in [0.2, 0.25) is 0 Å². The van der Waals surface area contributed by atoms with Crippen LogP contribution in [0.15, 0.2) is 18.2 Å². The van der Waals surface area contributed by atoms with E-state index in [4.69, 9.17) is 9.47 Å². The molecule has 0 aliphatic carbocycles. The van der Waals surface area contributed by atoms with Gasteiger partial charge in [-0.1, -0.05) is 6.07 Å². The minimum atomic E-state index is 0.346. The summed E-state index contributed by atoms with van der Waals surface area (Å²) in [4.78, 5) is 0. The van der Waals surface area contributed by atoms with Crippen LogP contribution in [0.5, 0.6) is 11.5 Å². The van der Waals surface area contributed by atoms with E-state index in [0.717, 1.165) is 43.2 Å². The summed E-state index contributed by atoms with van der Waals surface area (Å²) in [5.41, 5.74) is 1.28. The normalized spacial score (nSPS) is 13.1. The minimum Gasteiger partial charge on any atom is -0.454 e. The Morgan fingerprint density at radius 1 is 1.19 bits per heavy atom. The van der Waals surface area contributed by atoms with Gasteiger partial charge in [-0.25, -0.2) is 0 Å². The highest BCUT2D eigenvalue weighted by atomic mass is 32.1. The molecule has 1 aromatic carbocycles. The van der Waals surface area contributed by atoms with Crippen LogP contribution in [0.4, 0.5) is 0 Å². The maximum Gasteiger partial charge on any atom is 0.231 e. The molecule has 88 valence electrons. The number of hydrogen-bond donors (Lipinski definition) is 2. The van der Waals surface area contributed by atoms with Gasteiger partial charge in [0, 0.05) is 0 Å². The van der Waals surface area contributed by atoms with Crippen molar-refractivity contribution in [2.75, 3.05) is 25.6 Å². The van der Waals surface area contributed by atoms with E-state index in [9.17, 15) is 0 Å². The van der Waals surface area contributed by atoms with Crippen LogP contribution in [0.3, 0.4) is 0 Å². The first-order valence-corrected chi connectivity index (χ1v) is 6.23. The van der Waals surface area contributed by atoms with Crippen molar-refractivity contribution in [1.82, 2.24) is 5.32 Å². The third-order valence-corrected chi connectivity index (χ3v) is 2.86. The van der Waals surface area contributed by atoms with Crippen LogP contribution in [0, 0.1) is 0 Å². The number of hydrogen-bond acceptors (Lipinski definition) is 4. The average Bonchev–Trinajstić information content (AvgIpc) is 2.76. The molecule has 0 spiro atoms. The number of fused-ring (bicyclic) bond motifs is 1. The number of benzene rings is 1. The predicted molar refractivity (Wildman–Crippen MR) is 67.6 cm³/mol. The molecular weight excluding hydrogens is 222 g/mol. The zero-order valence-corrected chi connectivity index (χ0v) is 10.1. The van der Waals surface area contributed by atoms with Gasteiger partial charge in [0.2, 0.25) is 6.79 Å². The van der Waals surface area contributed by atoms with E-state index in [2.05, 4.69) is 30.1 Å². The number of nitrogens with one attached hydrogen (secondary N) is 1. The van der Waals surface area contributed by atoms with Gasteiger partial charge in [0.25, 0.3) is 0 Å². The molecule has 0 radical (unpaired) electrons. The Bertz CT molecular complexity index is 344. The Morgan fingerprint density at radius 2 is 2.06 bits per heavy atom. The Hall–Kier alpha value is -0.870. The number of ether oxygens (including phenoxy) is 2. The molecule has 4 heteroatoms. The molecule has 1 aliphatic rings. The van der Waals surface area contributed by atoms with Crippen LogP contribution in [0.1, 0.15) is 12.0 Å². The lowest BCUT2D eigenvalue weighted by molar-refractivity contribution is 0.174. The van der Waals surface area contributed by atoms with Crippen LogP contribution < -0.4 is 14.8 Å². The van der Waals surface area contributed by atoms with E-state index >= 15 is 0 Å². The molecule has 1 heterocycles. The van der Waals surface area contributed by atoms with Crippen molar-refractivity contribution in [3.63, 3.8) is 0 Å². The molecular formula is C12H17NO2S. The second-order valence-corrected chi connectivity index (χ2v) is 4.21. The van der Waals surface area contributed by atoms with E-state index in [1.54, 1.807) is 0 Å². The molecule has 0 atom stereocenters. The molecule has 1 aromatic rings. The zero-order chi connectivity index (χ0) is 11.2. The lowest BCUT2D eigenvalue weighted by Gasteiger charge is -2.04. The Labute approximate surface area is 102 Å². The highest BCUT2D eigenvalue weighted by molar-refractivity contribution is 7.80. The van der Waals surface area contributed by atoms with Crippen molar-refractivity contribution in [3.05, 3.63) is 23.8 Å². The van der Waals surface area contributed by atoms with Gasteiger partial charge >= 0.3 is 0 Å². The van der Waals surface area contributed by atoms with E-state index in [-0.39, 0.29) is 0 Å². The monoisotopic (exact) mass is 239 g/mol. The molecule has 1 N–H and O–H groups in total. The largest absolute Gasteiger partial charge is 0.454 e. The first kappa shape index (κ1) is 11.6. The summed E-state index contributed by atoms with van der Waals surface area (Å²) in [7, 11) is 0. The second kappa shape index (κ2) is 6.01. The summed E-state index contributed by atoms with van der Waals surface area (Å²) in [5, 5.41) is 3.38. The standard InChI is InChI=1S/C12H17NO2S/c16-7-1-5-13-6-4-10-2-3-11-12(8-10)15-9-14-11/h2-3,8,13,16H,1,4-7,9H2. The van der Waals surface area contributed by atoms with Gasteiger partial charge in [0.1, 0.15) is 0 Å². The van der Waals surface area contributed by atoms with Gasteiger partial charge in [0.15, 0.2) is 11.5 Å². The molecule has 0 unspecified atom stereocenters. The highest BCUT2D eigenvalue weighted by Crippen LogP contribution is 2.32.